The normalized spacial score (nSPS) is 10.8. The van der Waals surface area contributed by atoms with E-state index in [0.29, 0.717) is 0 Å². The Morgan fingerprint density at radius 3 is 2.89 bits per heavy atom. The van der Waals surface area contributed by atoms with Crippen molar-refractivity contribution in [3.63, 3.8) is 0 Å². The summed E-state index contributed by atoms with van der Waals surface area (Å²) in [4.78, 5) is 1.30. The molecule has 1 N–H and O–H groups in total. The lowest BCUT2D eigenvalue weighted by Crippen LogP contribution is -2.18. The summed E-state index contributed by atoms with van der Waals surface area (Å²) in [5.74, 6) is 1.87. The average Bonchev–Trinajstić information content (AvgIpc) is 2.96. The minimum atomic E-state index is 0.738. The summed E-state index contributed by atoms with van der Waals surface area (Å²) in [6.45, 7) is 2.47. The molecule has 0 unspecified atom stereocenters. The number of furan rings is 1. The Morgan fingerprint density at radius 1 is 1.21 bits per heavy atom. The van der Waals surface area contributed by atoms with Crippen molar-refractivity contribution in [2.24, 2.45) is 0 Å². The number of benzene rings is 1. The van der Waals surface area contributed by atoms with E-state index in [1.165, 1.54) is 10.5 Å². The Balaban J connectivity index is 1.88. The number of ether oxygens (including phenoxy) is 1. The maximum absolute atomic E-state index is 5.36. The van der Waals surface area contributed by atoms with Gasteiger partial charge in [0.25, 0.3) is 0 Å². The van der Waals surface area contributed by atoms with Crippen molar-refractivity contribution in [2.75, 3.05) is 20.3 Å². The summed E-state index contributed by atoms with van der Waals surface area (Å²) in [5.41, 5.74) is 1.31. The van der Waals surface area contributed by atoms with Crippen molar-refractivity contribution < 1.29 is 9.15 Å². The third-order valence-electron chi connectivity index (χ3n) is 2.72. The van der Waals surface area contributed by atoms with Crippen LogP contribution in [0.5, 0.6) is 0 Å². The van der Waals surface area contributed by atoms with Crippen LogP contribution in [0.15, 0.2) is 52.0 Å². The number of hydrogen-bond donors (Lipinski definition) is 1. The summed E-state index contributed by atoms with van der Waals surface area (Å²) in [6.07, 6.45) is 1.72. The fourth-order valence-corrected chi connectivity index (χ4v) is 2.69. The van der Waals surface area contributed by atoms with Crippen LogP contribution < -0.4 is 5.32 Å². The van der Waals surface area contributed by atoms with Crippen molar-refractivity contribution in [2.45, 2.75) is 17.2 Å². The van der Waals surface area contributed by atoms with Crippen LogP contribution in [0.4, 0.5) is 0 Å². The molecule has 0 bridgehead atoms. The maximum atomic E-state index is 5.36. The topological polar surface area (TPSA) is 34.4 Å². The third-order valence-corrected chi connectivity index (χ3v) is 3.86. The monoisotopic (exact) mass is 277 g/mol. The van der Waals surface area contributed by atoms with Crippen molar-refractivity contribution >= 4 is 11.8 Å². The van der Waals surface area contributed by atoms with Gasteiger partial charge in [0.15, 0.2) is 0 Å². The van der Waals surface area contributed by atoms with Gasteiger partial charge in [0.2, 0.25) is 0 Å². The second kappa shape index (κ2) is 8.04. The van der Waals surface area contributed by atoms with Crippen molar-refractivity contribution in [1.82, 2.24) is 5.32 Å². The molecule has 1 heterocycles. The van der Waals surface area contributed by atoms with Gasteiger partial charge in [-0.05, 0) is 23.8 Å². The zero-order valence-corrected chi connectivity index (χ0v) is 11.9. The van der Waals surface area contributed by atoms with E-state index < -0.39 is 0 Å². The molecule has 0 atom stereocenters. The zero-order valence-electron chi connectivity index (χ0n) is 11.1. The molecule has 0 spiro atoms. The molecule has 102 valence electrons. The fraction of sp³-hybridized carbons (Fsp3) is 0.333. The van der Waals surface area contributed by atoms with Crippen LogP contribution in [-0.4, -0.2) is 20.3 Å². The number of thioether (sulfide) groups is 1. The van der Waals surface area contributed by atoms with Gasteiger partial charge in [0.1, 0.15) is 5.76 Å². The molecule has 0 aliphatic heterocycles. The molecule has 2 aromatic rings. The van der Waals surface area contributed by atoms with Gasteiger partial charge in [-0.2, -0.15) is 0 Å². The molecule has 0 fully saturated rings. The zero-order chi connectivity index (χ0) is 13.3. The molecule has 4 heteroatoms. The Morgan fingerprint density at radius 2 is 2.11 bits per heavy atom. The van der Waals surface area contributed by atoms with Crippen LogP contribution >= 0.6 is 11.8 Å². The minimum Gasteiger partial charge on any atom is -0.468 e. The molecular formula is C15H19NO2S. The highest BCUT2D eigenvalue weighted by atomic mass is 32.2. The highest BCUT2D eigenvalue weighted by Gasteiger charge is 2.04. The van der Waals surface area contributed by atoms with E-state index in [1.54, 1.807) is 25.1 Å². The SMILES string of the molecule is COCCNCc1ccccc1SCc1ccco1. The molecule has 1 aromatic heterocycles. The summed E-state index contributed by atoms with van der Waals surface area (Å²) in [7, 11) is 1.72. The molecule has 0 aliphatic rings. The first kappa shape index (κ1) is 14.2. The molecule has 0 saturated heterocycles. The van der Waals surface area contributed by atoms with Gasteiger partial charge >= 0.3 is 0 Å². The molecular weight excluding hydrogens is 258 g/mol. The number of rotatable bonds is 8. The second-order valence-corrected chi connectivity index (χ2v) is 5.16. The standard InChI is InChI=1S/C15H19NO2S/c1-17-10-8-16-11-13-5-2-3-7-15(13)19-12-14-6-4-9-18-14/h2-7,9,16H,8,10-12H2,1H3. The van der Waals surface area contributed by atoms with E-state index in [9.17, 15) is 0 Å². The second-order valence-electron chi connectivity index (χ2n) is 4.15. The third kappa shape index (κ3) is 4.74. The Bertz CT molecular complexity index is 471. The molecule has 2 rings (SSSR count). The smallest absolute Gasteiger partial charge is 0.113 e. The first-order valence-corrected chi connectivity index (χ1v) is 7.31. The van der Waals surface area contributed by atoms with Gasteiger partial charge < -0.3 is 14.5 Å². The number of hydrogen-bond acceptors (Lipinski definition) is 4. The molecule has 0 saturated carbocycles. The largest absolute Gasteiger partial charge is 0.468 e. The predicted molar refractivity (Wildman–Crippen MR) is 78.3 cm³/mol. The maximum Gasteiger partial charge on any atom is 0.113 e. The fourth-order valence-electron chi connectivity index (χ4n) is 1.73. The molecule has 3 nitrogen and oxygen atoms in total. The molecule has 0 aliphatic carbocycles. The lowest BCUT2D eigenvalue weighted by Gasteiger charge is -2.09. The van der Waals surface area contributed by atoms with Crippen LogP contribution in [0.2, 0.25) is 0 Å². The van der Waals surface area contributed by atoms with E-state index in [2.05, 4.69) is 29.6 Å². The van der Waals surface area contributed by atoms with Crippen LogP contribution in [0.1, 0.15) is 11.3 Å². The van der Waals surface area contributed by atoms with E-state index in [0.717, 1.165) is 31.2 Å². The van der Waals surface area contributed by atoms with Crippen LogP contribution in [0, 0.1) is 0 Å². The van der Waals surface area contributed by atoms with Crippen LogP contribution in [-0.2, 0) is 17.0 Å². The molecule has 1 aromatic carbocycles. The number of nitrogens with one attached hydrogen (secondary N) is 1. The summed E-state index contributed by atoms with van der Waals surface area (Å²) in [6, 6.07) is 12.4. The van der Waals surface area contributed by atoms with Crippen molar-refractivity contribution in [3.8, 4) is 0 Å². The van der Waals surface area contributed by atoms with Crippen LogP contribution in [0.3, 0.4) is 0 Å². The first-order valence-electron chi connectivity index (χ1n) is 6.33. The summed E-state index contributed by atoms with van der Waals surface area (Å²) in [5, 5.41) is 3.37. The lowest BCUT2D eigenvalue weighted by molar-refractivity contribution is 0.199. The van der Waals surface area contributed by atoms with E-state index in [1.807, 2.05) is 12.1 Å². The molecule has 0 amide bonds. The van der Waals surface area contributed by atoms with Crippen LogP contribution in [0.25, 0.3) is 0 Å². The van der Waals surface area contributed by atoms with Gasteiger partial charge in [-0.1, -0.05) is 18.2 Å². The average molecular weight is 277 g/mol. The predicted octanol–water partition coefficient (Wildman–Crippen LogP) is 3.31. The first-order chi connectivity index (χ1) is 9.40. The lowest BCUT2D eigenvalue weighted by atomic mass is 10.2. The highest BCUT2D eigenvalue weighted by molar-refractivity contribution is 7.98. The number of methoxy groups -OCH3 is 1. The summed E-state index contributed by atoms with van der Waals surface area (Å²) >= 11 is 1.80. The van der Waals surface area contributed by atoms with Gasteiger partial charge in [-0.25, -0.2) is 0 Å². The van der Waals surface area contributed by atoms with Gasteiger partial charge in [0, 0.05) is 25.1 Å². The molecule has 0 radical (unpaired) electrons. The highest BCUT2D eigenvalue weighted by Crippen LogP contribution is 2.26. The summed E-state index contributed by atoms with van der Waals surface area (Å²) < 4.78 is 10.4. The van der Waals surface area contributed by atoms with Gasteiger partial charge in [0.05, 0.1) is 18.6 Å². The quantitative estimate of drug-likeness (QED) is 0.593. The van der Waals surface area contributed by atoms with E-state index >= 15 is 0 Å². The van der Waals surface area contributed by atoms with Gasteiger partial charge in [-0.3, -0.25) is 0 Å². The van der Waals surface area contributed by atoms with E-state index in [4.69, 9.17) is 9.15 Å². The van der Waals surface area contributed by atoms with E-state index in [-0.39, 0.29) is 0 Å². The van der Waals surface area contributed by atoms with Crippen molar-refractivity contribution in [3.05, 3.63) is 54.0 Å². The Hall–Kier alpha value is -1.23. The Kier molecular flexibility index (Phi) is 6.01. The Labute approximate surface area is 118 Å². The minimum absolute atomic E-state index is 0.738. The van der Waals surface area contributed by atoms with Crippen molar-refractivity contribution in [1.29, 1.82) is 0 Å². The van der Waals surface area contributed by atoms with Gasteiger partial charge in [-0.15, -0.1) is 11.8 Å². The molecule has 19 heavy (non-hydrogen) atoms.